The Morgan fingerprint density at radius 2 is 2.11 bits per heavy atom. The molecule has 1 fully saturated rings. The highest BCUT2D eigenvalue weighted by Crippen LogP contribution is 2.23. The fourth-order valence-electron chi connectivity index (χ4n) is 2.26. The van der Waals surface area contributed by atoms with E-state index in [1.165, 1.54) is 16.7 Å². The smallest absolute Gasteiger partial charge is 0.327 e. The van der Waals surface area contributed by atoms with E-state index < -0.39 is 12.0 Å². The Morgan fingerprint density at radius 3 is 2.58 bits per heavy atom. The third kappa shape index (κ3) is 4.01. The largest absolute Gasteiger partial charge is 0.480 e. The Hall–Kier alpha value is -0.950. The molecule has 110 valence electrons. The third-order valence-electron chi connectivity index (χ3n) is 3.16. The van der Waals surface area contributed by atoms with E-state index in [2.05, 4.69) is 0 Å². The molecule has 1 unspecified atom stereocenters. The van der Waals surface area contributed by atoms with E-state index in [4.69, 9.17) is 5.11 Å². The molecule has 0 bridgehead atoms. The van der Waals surface area contributed by atoms with Gasteiger partial charge in [0.15, 0.2) is 0 Å². The van der Waals surface area contributed by atoms with Crippen LogP contribution in [0.15, 0.2) is 0 Å². The summed E-state index contributed by atoms with van der Waals surface area (Å²) in [5, 5.41) is 9.14. The molecule has 0 aliphatic carbocycles. The number of amides is 2. The van der Waals surface area contributed by atoms with Crippen LogP contribution in [0, 0.1) is 0 Å². The Labute approximate surface area is 118 Å². The van der Waals surface area contributed by atoms with Crippen LogP contribution >= 0.6 is 11.8 Å². The van der Waals surface area contributed by atoms with Gasteiger partial charge < -0.3 is 19.8 Å². The van der Waals surface area contributed by atoms with Gasteiger partial charge in [-0.1, -0.05) is 0 Å². The number of carbonyl (C=O) groups is 2. The molecule has 7 heteroatoms. The Bertz CT molecular complexity index is 338. The minimum absolute atomic E-state index is 0.0625. The first kappa shape index (κ1) is 16.1. The standard InChI is InChI=1S/C12H23N3O3S/c1-5-14(9(2)6-13(3)4)12(18)15-8-19-7-10(15)11(16)17/h9-10H,5-8H2,1-4H3,(H,16,17)/t9?,10-/m0/s1. The van der Waals surface area contributed by atoms with Gasteiger partial charge in [0.2, 0.25) is 0 Å². The first-order chi connectivity index (χ1) is 8.88. The second-order valence-corrected chi connectivity index (χ2v) is 6.00. The van der Waals surface area contributed by atoms with Gasteiger partial charge in [-0.25, -0.2) is 9.59 Å². The molecule has 0 aromatic heterocycles. The Morgan fingerprint density at radius 1 is 1.47 bits per heavy atom. The summed E-state index contributed by atoms with van der Waals surface area (Å²) in [7, 11) is 3.92. The van der Waals surface area contributed by atoms with E-state index in [-0.39, 0.29) is 12.1 Å². The highest BCUT2D eigenvalue weighted by atomic mass is 32.2. The van der Waals surface area contributed by atoms with Crippen molar-refractivity contribution in [3.05, 3.63) is 0 Å². The lowest BCUT2D eigenvalue weighted by Crippen LogP contribution is -2.53. The summed E-state index contributed by atoms with van der Waals surface area (Å²) in [5.74, 6) is 0.0106. The van der Waals surface area contributed by atoms with Crippen molar-refractivity contribution < 1.29 is 14.7 Å². The minimum Gasteiger partial charge on any atom is -0.480 e. The number of carboxylic acids is 1. The summed E-state index contributed by atoms with van der Waals surface area (Å²) >= 11 is 1.49. The van der Waals surface area contributed by atoms with Gasteiger partial charge in [0.25, 0.3) is 0 Å². The van der Waals surface area contributed by atoms with Gasteiger partial charge in [-0.05, 0) is 27.9 Å². The predicted molar refractivity (Wildman–Crippen MR) is 76.4 cm³/mol. The van der Waals surface area contributed by atoms with Crippen LogP contribution in [0.4, 0.5) is 4.79 Å². The number of likely N-dealkylation sites (N-methyl/N-ethyl adjacent to an activating group) is 2. The molecular formula is C12H23N3O3S. The zero-order valence-corrected chi connectivity index (χ0v) is 12.8. The quantitative estimate of drug-likeness (QED) is 0.812. The number of rotatable bonds is 5. The van der Waals surface area contributed by atoms with Gasteiger partial charge in [-0.3, -0.25) is 0 Å². The highest BCUT2D eigenvalue weighted by molar-refractivity contribution is 7.99. The molecule has 1 aliphatic heterocycles. The van der Waals surface area contributed by atoms with E-state index in [0.717, 1.165) is 6.54 Å². The molecule has 1 aliphatic rings. The van der Waals surface area contributed by atoms with Crippen LogP contribution in [-0.4, -0.2) is 82.7 Å². The summed E-state index contributed by atoms with van der Waals surface area (Å²) < 4.78 is 0. The zero-order chi connectivity index (χ0) is 14.6. The number of hydrogen-bond acceptors (Lipinski definition) is 4. The number of carboxylic acid groups (broad SMARTS) is 1. The second kappa shape index (κ2) is 7.00. The topological polar surface area (TPSA) is 64.1 Å². The van der Waals surface area contributed by atoms with Crippen LogP contribution in [0.1, 0.15) is 13.8 Å². The summed E-state index contributed by atoms with van der Waals surface area (Å²) in [6.07, 6.45) is 0. The van der Waals surface area contributed by atoms with Crippen molar-refractivity contribution in [2.75, 3.05) is 38.8 Å². The van der Waals surface area contributed by atoms with Crippen molar-refractivity contribution in [1.82, 2.24) is 14.7 Å². The number of hydrogen-bond donors (Lipinski definition) is 1. The molecule has 0 radical (unpaired) electrons. The van der Waals surface area contributed by atoms with Crippen LogP contribution in [0.25, 0.3) is 0 Å². The van der Waals surface area contributed by atoms with Crippen molar-refractivity contribution in [3.63, 3.8) is 0 Å². The van der Waals surface area contributed by atoms with Crippen molar-refractivity contribution in [1.29, 1.82) is 0 Å². The second-order valence-electron chi connectivity index (χ2n) is 5.00. The molecule has 0 saturated carbocycles. The van der Waals surface area contributed by atoms with Crippen molar-refractivity contribution in [2.24, 2.45) is 0 Å². The molecule has 0 spiro atoms. The van der Waals surface area contributed by atoms with Crippen LogP contribution in [0.3, 0.4) is 0 Å². The Balaban J connectivity index is 2.75. The third-order valence-corrected chi connectivity index (χ3v) is 4.17. The number of aliphatic carboxylic acids is 1. The number of nitrogens with zero attached hydrogens (tertiary/aromatic N) is 3. The molecule has 1 heterocycles. The van der Waals surface area contributed by atoms with Crippen LogP contribution < -0.4 is 0 Å². The first-order valence-electron chi connectivity index (χ1n) is 6.41. The highest BCUT2D eigenvalue weighted by Gasteiger charge is 2.37. The maximum atomic E-state index is 12.5. The summed E-state index contributed by atoms with van der Waals surface area (Å²) in [6.45, 7) is 5.25. The van der Waals surface area contributed by atoms with Gasteiger partial charge in [-0.15, -0.1) is 11.8 Å². The lowest BCUT2D eigenvalue weighted by atomic mass is 10.2. The summed E-state index contributed by atoms with van der Waals surface area (Å²) in [4.78, 5) is 28.8. The van der Waals surface area contributed by atoms with Gasteiger partial charge >= 0.3 is 12.0 Å². The molecule has 0 aromatic rings. The summed E-state index contributed by atoms with van der Waals surface area (Å²) in [6, 6.07) is -0.806. The predicted octanol–water partition coefficient (Wildman–Crippen LogP) is 0.838. The number of thioether (sulfide) groups is 1. The van der Waals surface area contributed by atoms with Crippen LogP contribution in [-0.2, 0) is 4.79 Å². The molecule has 0 aromatic carbocycles. The molecule has 1 rings (SSSR count). The number of carbonyl (C=O) groups excluding carboxylic acids is 1. The molecule has 2 amide bonds. The van der Waals surface area contributed by atoms with E-state index in [1.54, 1.807) is 4.90 Å². The van der Waals surface area contributed by atoms with E-state index in [9.17, 15) is 9.59 Å². The molecule has 1 N–H and O–H groups in total. The van der Waals surface area contributed by atoms with E-state index >= 15 is 0 Å². The fourth-order valence-corrected chi connectivity index (χ4v) is 3.40. The zero-order valence-electron chi connectivity index (χ0n) is 12.0. The average Bonchev–Trinajstić information content (AvgIpc) is 2.77. The van der Waals surface area contributed by atoms with Gasteiger partial charge in [0, 0.05) is 24.9 Å². The lowest BCUT2D eigenvalue weighted by Gasteiger charge is -2.34. The van der Waals surface area contributed by atoms with E-state index in [0.29, 0.717) is 18.2 Å². The number of urea groups is 1. The van der Waals surface area contributed by atoms with Gasteiger partial charge in [0.05, 0.1) is 5.88 Å². The molecule has 6 nitrogen and oxygen atoms in total. The summed E-state index contributed by atoms with van der Waals surface area (Å²) in [5.41, 5.74) is 0. The van der Waals surface area contributed by atoms with Crippen molar-refractivity contribution >= 4 is 23.8 Å². The monoisotopic (exact) mass is 289 g/mol. The Kier molecular flexibility index (Phi) is 5.93. The van der Waals surface area contributed by atoms with E-state index in [1.807, 2.05) is 32.8 Å². The maximum Gasteiger partial charge on any atom is 0.327 e. The van der Waals surface area contributed by atoms with Crippen molar-refractivity contribution in [3.8, 4) is 0 Å². The van der Waals surface area contributed by atoms with Gasteiger partial charge in [-0.2, -0.15) is 0 Å². The minimum atomic E-state index is -0.922. The average molecular weight is 289 g/mol. The van der Waals surface area contributed by atoms with Crippen LogP contribution in [0.2, 0.25) is 0 Å². The first-order valence-corrected chi connectivity index (χ1v) is 7.56. The molecule has 19 heavy (non-hydrogen) atoms. The normalized spacial score (nSPS) is 20.7. The molecule has 2 atom stereocenters. The lowest BCUT2D eigenvalue weighted by molar-refractivity contribution is -0.141. The van der Waals surface area contributed by atoms with Crippen LogP contribution in [0.5, 0.6) is 0 Å². The van der Waals surface area contributed by atoms with Gasteiger partial charge in [0.1, 0.15) is 6.04 Å². The SMILES string of the molecule is CCN(C(=O)N1CSC[C@H]1C(=O)O)C(C)CN(C)C. The maximum absolute atomic E-state index is 12.5. The molecular weight excluding hydrogens is 266 g/mol. The fraction of sp³-hybridized carbons (Fsp3) is 0.833. The van der Waals surface area contributed by atoms with Crippen molar-refractivity contribution in [2.45, 2.75) is 25.9 Å². The molecule has 1 saturated heterocycles.